The molecule has 0 spiro atoms. The van der Waals surface area contributed by atoms with Crippen LogP contribution in [0.5, 0.6) is 0 Å². The Bertz CT molecular complexity index is 2650. The molecule has 230 valence electrons. The highest BCUT2D eigenvalue weighted by Gasteiger charge is 2.35. The summed E-state index contributed by atoms with van der Waals surface area (Å²) < 4.78 is 0. The molecular formula is C49H34. The van der Waals surface area contributed by atoms with Crippen molar-refractivity contribution in [3.05, 3.63) is 181 Å². The molecule has 0 heteroatoms. The molecule has 1 aliphatic carbocycles. The van der Waals surface area contributed by atoms with Gasteiger partial charge in [-0.05, 0) is 111 Å². The van der Waals surface area contributed by atoms with E-state index < -0.39 is 0 Å². The van der Waals surface area contributed by atoms with Gasteiger partial charge in [0.2, 0.25) is 0 Å². The van der Waals surface area contributed by atoms with Gasteiger partial charge in [-0.3, -0.25) is 0 Å². The highest BCUT2D eigenvalue weighted by molar-refractivity contribution is 6.21. The Balaban J connectivity index is 1.33. The maximum atomic E-state index is 2.48. The van der Waals surface area contributed by atoms with Gasteiger partial charge in [-0.25, -0.2) is 0 Å². The molecule has 0 unspecified atom stereocenters. The fourth-order valence-corrected chi connectivity index (χ4v) is 8.73. The molecule has 49 heavy (non-hydrogen) atoms. The number of benzene rings is 9. The second-order valence-electron chi connectivity index (χ2n) is 14.0. The summed E-state index contributed by atoms with van der Waals surface area (Å²) in [5, 5.41) is 10.2. The Hall–Kier alpha value is -5.98. The van der Waals surface area contributed by atoms with Gasteiger partial charge in [-0.2, -0.15) is 0 Å². The molecule has 0 radical (unpaired) electrons. The average Bonchev–Trinajstić information content (AvgIpc) is 3.38. The van der Waals surface area contributed by atoms with Crippen molar-refractivity contribution >= 4 is 43.1 Å². The molecule has 0 bridgehead atoms. The van der Waals surface area contributed by atoms with E-state index in [2.05, 4.69) is 184 Å². The first-order valence-electron chi connectivity index (χ1n) is 17.3. The summed E-state index contributed by atoms with van der Waals surface area (Å²) in [6.07, 6.45) is 0. The van der Waals surface area contributed by atoms with E-state index in [-0.39, 0.29) is 5.41 Å². The second-order valence-corrected chi connectivity index (χ2v) is 14.0. The molecule has 0 nitrogen and oxygen atoms in total. The standard InChI is InChI=1S/C49H34/c1-49(2)46-26-8-7-19-40(46)41-28-27-33(29-47(41)49)48-42-24-11-22-38(36-20-9-15-31-13-3-5-17-34(31)36)44(42)30-45-39(23-12-25-43(45)48)37-21-10-16-32-14-4-6-18-35(32)37/h3-30H,1-2H3. The normalized spacial score (nSPS) is 13.3. The lowest BCUT2D eigenvalue weighted by Gasteiger charge is -2.23. The van der Waals surface area contributed by atoms with Crippen molar-refractivity contribution in [2.45, 2.75) is 19.3 Å². The third kappa shape index (κ3) is 4.11. The average molecular weight is 623 g/mol. The molecule has 0 heterocycles. The second kappa shape index (κ2) is 10.5. The van der Waals surface area contributed by atoms with Crippen molar-refractivity contribution < 1.29 is 0 Å². The minimum absolute atomic E-state index is 0.0788. The number of fused-ring (bicyclic) bond motifs is 7. The third-order valence-electron chi connectivity index (χ3n) is 11.1. The van der Waals surface area contributed by atoms with E-state index in [1.807, 2.05) is 0 Å². The largest absolute Gasteiger partial charge is 0.0619 e. The van der Waals surface area contributed by atoms with Gasteiger partial charge in [-0.1, -0.05) is 172 Å². The van der Waals surface area contributed by atoms with Crippen LogP contribution in [0, 0.1) is 0 Å². The minimum Gasteiger partial charge on any atom is -0.0619 e. The quantitative estimate of drug-likeness (QED) is 0.172. The maximum Gasteiger partial charge on any atom is 0.0159 e. The van der Waals surface area contributed by atoms with Gasteiger partial charge in [0.1, 0.15) is 0 Å². The predicted molar refractivity (Wildman–Crippen MR) is 210 cm³/mol. The molecule has 0 saturated heterocycles. The number of hydrogen-bond donors (Lipinski definition) is 0. The molecule has 0 amide bonds. The number of rotatable bonds is 3. The summed E-state index contributed by atoms with van der Waals surface area (Å²) in [4.78, 5) is 0. The van der Waals surface area contributed by atoms with Crippen molar-refractivity contribution in [1.29, 1.82) is 0 Å². The van der Waals surface area contributed by atoms with Crippen LogP contribution in [0.3, 0.4) is 0 Å². The van der Waals surface area contributed by atoms with Gasteiger partial charge in [0.25, 0.3) is 0 Å². The van der Waals surface area contributed by atoms with E-state index in [1.54, 1.807) is 0 Å². The lowest BCUT2D eigenvalue weighted by molar-refractivity contribution is 0.660. The molecule has 9 aromatic rings. The zero-order chi connectivity index (χ0) is 32.7. The predicted octanol–water partition coefficient (Wildman–Crippen LogP) is 13.6. The van der Waals surface area contributed by atoms with Crippen LogP contribution >= 0.6 is 0 Å². The summed E-state index contributed by atoms with van der Waals surface area (Å²) >= 11 is 0. The van der Waals surface area contributed by atoms with E-state index in [1.165, 1.54) is 98.7 Å². The van der Waals surface area contributed by atoms with E-state index in [0.717, 1.165) is 0 Å². The molecule has 9 aromatic carbocycles. The third-order valence-corrected chi connectivity index (χ3v) is 11.1. The highest BCUT2D eigenvalue weighted by Crippen LogP contribution is 2.51. The van der Waals surface area contributed by atoms with Crippen LogP contribution in [0.25, 0.3) is 87.6 Å². The Morgan fingerprint density at radius 2 is 0.735 bits per heavy atom. The zero-order valence-corrected chi connectivity index (χ0v) is 27.7. The van der Waals surface area contributed by atoms with E-state index in [9.17, 15) is 0 Å². The first-order chi connectivity index (χ1) is 24.1. The van der Waals surface area contributed by atoms with Crippen molar-refractivity contribution in [2.24, 2.45) is 0 Å². The van der Waals surface area contributed by atoms with Crippen molar-refractivity contribution in [2.75, 3.05) is 0 Å². The van der Waals surface area contributed by atoms with Gasteiger partial charge in [0.05, 0.1) is 0 Å². The van der Waals surface area contributed by atoms with Gasteiger partial charge >= 0.3 is 0 Å². The fraction of sp³-hybridized carbons (Fsp3) is 0.0612. The molecule has 1 aliphatic rings. The monoisotopic (exact) mass is 622 g/mol. The van der Waals surface area contributed by atoms with E-state index >= 15 is 0 Å². The van der Waals surface area contributed by atoms with Gasteiger partial charge in [0.15, 0.2) is 0 Å². The maximum absolute atomic E-state index is 2.48. The van der Waals surface area contributed by atoms with Crippen LogP contribution in [-0.4, -0.2) is 0 Å². The summed E-state index contributed by atoms with van der Waals surface area (Å²) in [6.45, 7) is 4.75. The summed E-state index contributed by atoms with van der Waals surface area (Å²) in [7, 11) is 0. The molecule has 0 N–H and O–H groups in total. The van der Waals surface area contributed by atoms with Crippen LogP contribution in [0.15, 0.2) is 170 Å². The summed E-state index contributed by atoms with van der Waals surface area (Å²) in [5.41, 5.74) is 13.0. The van der Waals surface area contributed by atoms with Crippen molar-refractivity contribution in [1.82, 2.24) is 0 Å². The number of hydrogen-bond acceptors (Lipinski definition) is 0. The molecular weight excluding hydrogens is 589 g/mol. The molecule has 0 saturated carbocycles. The highest BCUT2D eigenvalue weighted by atomic mass is 14.4. The summed E-state index contributed by atoms with van der Waals surface area (Å²) in [6, 6.07) is 63.3. The van der Waals surface area contributed by atoms with Crippen LogP contribution < -0.4 is 0 Å². The van der Waals surface area contributed by atoms with Gasteiger partial charge in [-0.15, -0.1) is 0 Å². The van der Waals surface area contributed by atoms with Crippen molar-refractivity contribution in [3.8, 4) is 44.5 Å². The fourth-order valence-electron chi connectivity index (χ4n) is 8.73. The first-order valence-corrected chi connectivity index (χ1v) is 17.3. The molecule has 0 aliphatic heterocycles. The smallest absolute Gasteiger partial charge is 0.0159 e. The molecule has 0 aromatic heterocycles. The zero-order valence-electron chi connectivity index (χ0n) is 27.7. The van der Waals surface area contributed by atoms with Gasteiger partial charge in [0, 0.05) is 5.41 Å². The Kier molecular flexibility index (Phi) is 6.02. The molecule has 0 fully saturated rings. The summed E-state index contributed by atoms with van der Waals surface area (Å²) in [5.74, 6) is 0. The van der Waals surface area contributed by atoms with Gasteiger partial charge < -0.3 is 0 Å². The SMILES string of the molecule is CC1(C)c2ccccc2-c2ccc(-c3c4cccc(-c5cccc6ccccc56)c4cc4c(-c5cccc6ccccc56)cccc34)cc21. The van der Waals surface area contributed by atoms with Crippen LogP contribution in [0.2, 0.25) is 0 Å². The van der Waals surface area contributed by atoms with E-state index in [0.29, 0.717) is 0 Å². The Morgan fingerprint density at radius 1 is 0.306 bits per heavy atom. The lowest BCUT2D eigenvalue weighted by atomic mass is 9.80. The topological polar surface area (TPSA) is 0 Å². The van der Waals surface area contributed by atoms with Crippen molar-refractivity contribution in [3.63, 3.8) is 0 Å². The molecule has 10 rings (SSSR count). The van der Waals surface area contributed by atoms with Crippen LogP contribution in [0.4, 0.5) is 0 Å². The minimum atomic E-state index is -0.0788. The Labute approximate surface area is 286 Å². The Morgan fingerprint density at radius 3 is 1.35 bits per heavy atom. The molecule has 0 atom stereocenters. The van der Waals surface area contributed by atoms with E-state index in [4.69, 9.17) is 0 Å². The first kappa shape index (κ1) is 28.1. The lowest BCUT2D eigenvalue weighted by Crippen LogP contribution is -2.14. The van der Waals surface area contributed by atoms with Crippen LogP contribution in [-0.2, 0) is 5.41 Å². The van der Waals surface area contributed by atoms with Crippen LogP contribution in [0.1, 0.15) is 25.0 Å².